The van der Waals surface area contributed by atoms with Crippen LogP contribution in [0.4, 0.5) is 0 Å². The van der Waals surface area contributed by atoms with Crippen molar-refractivity contribution < 1.29 is 18.3 Å². The Morgan fingerprint density at radius 1 is 1.44 bits per heavy atom. The van der Waals surface area contributed by atoms with E-state index in [1.54, 1.807) is 0 Å². The van der Waals surface area contributed by atoms with Gasteiger partial charge in [0.05, 0.1) is 11.7 Å². The van der Waals surface area contributed by atoms with E-state index in [1.165, 1.54) is 0 Å². The van der Waals surface area contributed by atoms with Gasteiger partial charge in [0.25, 0.3) is 0 Å². The molecule has 1 N–H and O–H groups in total. The molecule has 1 fully saturated rings. The highest BCUT2D eigenvalue weighted by molar-refractivity contribution is 7.91. The van der Waals surface area contributed by atoms with Crippen molar-refractivity contribution in [1.82, 2.24) is 4.90 Å². The van der Waals surface area contributed by atoms with Crippen LogP contribution < -0.4 is 0 Å². The Hall–Kier alpha value is -0.620. The molecule has 1 heterocycles. The zero-order chi connectivity index (χ0) is 12.2. The largest absolute Gasteiger partial charge is 0.481 e. The number of carboxylic acids is 1. The second kappa shape index (κ2) is 5.63. The summed E-state index contributed by atoms with van der Waals surface area (Å²) in [6.45, 7) is 3.48. The van der Waals surface area contributed by atoms with E-state index in [0.717, 1.165) is 0 Å². The van der Waals surface area contributed by atoms with Gasteiger partial charge in [-0.3, -0.25) is 4.79 Å². The Morgan fingerprint density at radius 2 is 2.12 bits per heavy atom. The summed E-state index contributed by atoms with van der Waals surface area (Å²) in [6, 6.07) is 0. The lowest BCUT2D eigenvalue weighted by Crippen LogP contribution is -2.29. The van der Waals surface area contributed by atoms with E-state index in [9.17, 15) is 13.2 Å². The number of hydrogen-bond acceptors (Lipinski definition) is 4. The maximum absolute atomic E-state index is 11.5. The van der Waals surface area contributed by atoms with Gasteiger partial charge in [-0.25, -0.2) is 8.42 Å². The van der Waals surface area contributed by atoms with E-state index in [4.69, 9.17) is 5.11 Å². The number of carboxylic acid groups (broad SMARTS) is 1. The van der Waals surface area contributed by atoms with E-state index in [2.05, 4.69) is 0 Å². The van der Waals surface area contributed by atoms with Crippen LogP contribution in [0.5, 0.6) is 0 Å². The van der Waals surface area contributed by atoms with Crippen LogP contribution in [0.1, 0.15) is 19.8 Å². The van der Waals surface area contributed by atoms with Gasteiger partial charge in [-0.05, 0) is 19.4 Å². The Morgan fingerprint density at radius 3 is 2.62 bits per heavy atom. The minimum atomic E-state index is -2.95. The van der Waals surface area contributed by atoms with Gasteiger partial charge in [0.15, 0.2) is 9.84 Å². The number of nitrogens with zero attached hydrogens (tertiary/aromatic N) is 1. The van der Waals surface area contributed by atoms with Crippen LogP contribution in [0.25, 0.3) is 0 Å². The Bertz CT molecular complexity index is 339. The predicted molar refractivity (Wildman–Crippen MR) is 61.1 cm³/mol. The number of sulfone groups is 1. The van der Waals surface area contributed by atoms with E-state index >= 15 is 0 Å². The summed E-state index contributed by atoms with van der Waals surface area (Å²) in [7, 11) is -2.95. The first kappa shape index (κ1) is 13.4. The maximum atomic E-state index is 11.5. The van der Waals surface area contributed by atoms with Crippen LogP contribution in [-0.4, -0.2) is 55.5 Å². The molecule has 16 heavy (non-hydrogen) atoms. The van der Waals surface area contributed by atoms with Gasteiger partial charge < -0.3 is 10.0 Å². The van der Waals surface area contributed by atoms with Crippen LogP contribution in [0.3, 0.4) is 0 Å². The summed E-state index contributed by atoms with van der Waals surface area (Å²) in [5, 5.41) is 8.80. The monoisotopic (exact) mass is 249 g/mol. The summed E-state index contributed by atoms with van der Waals surface area (Å²) in [5.74, 6) is -0.732. The van der Waals surface area contributed by atoms with E-state index in [1.807, 2.05) is 11.8 Å². The third-order valence-electron chi connectivity index (χ3n) is 2.86. The molecule has 1 unspecified atom stereocenters. The fourth-order valence-corrected chi connectivity index (χ4v) is 3.28. The third kappa shape index (κ3) is 4.09. The third-order valence-corrected chi connectivity index (χ3v) is 4.69. The standard InChI is InChI=1S/C10H19NO4S/c1-2-6-16(14,15)7-5-11-4-3-9(8-11)10(12)13/h9H,2-8H2,1H3,(H,12,13). The first-order valence-electron chi connectivity index (χ1n) is 5.60. The maximum Gasteiger partial charge on any atom is 0.307 e. The molecule has 0 bridgehead atoms. The smallest absolute Gasteiger partial charge is 0.307 e. The van der Waals surface area contributed by atoms with Crippen molar-refractivity contribution in [3.8, 4) is 0 Å². The predicted octanol–water partition coefficient (Wildman–Crippen LogP) is 0.218. The molecule has 1 aliphatic heterocycles. The number of likely N-dealkylation sites (tertiary alicyclic amines) is 1. The summed E-state index contributed by atoms with van der Waals surface area (Å²) < 4.78 is 22.9. The molecule has 0 saturated carbocycles. The molecule has 0 radical (unpaired) electrons. The quantitative estimate of drug-likeness (QED) is 0.728. The van der Waals surface area contributed by atoms with Crippen molar-refractivity contribution in [2.24, 2.45) is 5.92 Å². The lowest BCUT2D eigenvalue weighted by molar-refractivity contribution is -0.141. The average molecular weight is 249 g/mol. The molecule has 1 atom stereocenters. The van der Waals surface area contributed by atoms with E-state index in [-0.39, 0.29) is 17.4 Å². The van der Waals surface area contributed by atoms with Gasteiger partial charge in [0.2, 0.25) is 0 Å². The number of aliphatic carboxylic acids is 1. The highest BCUT2D eigenvalue weighted by Gasteiger charge is 2.28. The van der Waals surface area contributed by atoms with Crippen molar-refractivity contribution >= 4 is 15.8 Å². The lowest BCUT2D eigenvalue weighted by Gasteiger charge is -2.14. The van der Waals surface area contributed by atoms with E-state index < -0.39 is 15.8 Å². The summed E-state index contributed by atoms with van der Waals surface area (Å²) >= 11 is 0. The lowest BCUT2D eigenvalue weighted by atomic mass is 10.1. The van der Waals surface area contributed by atoms with Crippen molar-refractivity contribution in [2.45, 2.75) is 19.8 Å². The minimum absolute atomic E-state index is 0.146. The van der Waals surface area contributed by atoms with E-state index in [0.29, 0.717) is 32.5 Å². The molecular formula is C10H19NO4S. The van der Waals surface area contributed by atoms with Crippen LogP contribution in [-0.2, 0) is 14.6 Å². The van der Waals surface area contributed by atoms with Gasteiger partial charge >= 0.3 is 5.97 Å². The molecule has 0 aromatic rings. The molecule has 0 aromatic heterocycles. The highest BCUT2D eigenvalue weighted by atomic mass is 32.2. The van der Waals surface area contributed by atoms with Crippen molar-refractivity contribution in [2.75, 3.05) is 31.1 Å². The first-order chi connectivity index (χ1) is 7.44. The second-order valence-corrected chi connectivity index (χ2v) is 6.58. The molecule has 1 aliphatic rings. The fraction of sp³-hybridized carbons (Fsp3) is 0.900. The van der Waals surface area contributed by atoms with Crippen LogP contribution >= 0.6 is 0 Å². The second-order valence-electron chi connectivity index (χ2n) is 4.28. The number of rotatable bonds is 6. The van der Waals surface area contributed by atoms with Gasteiger partial charge in [-0.2, -0.15) is 0 Å². The SMILES string of the molecule is CCCS(=O)(=O)CCN1CCC(C(=O)O)C1. The molecule has 1 saturated heterocycles. The Balaban J connectivity index is 2.33. The minimum Gasteiger partial charge on any atom is -0.481 e. The Labute approximate surface area is 96.4 Å². The normalized spacial score (nSPS) is 22.4. The first-order valence-corrected chi connectivity index (χ1v) is 7.42. The zero-order valence-electron chi connectivity index (χ0n) is 9.55. The molecule has 0 spiro atoms. The van der Waals surface area contributed by atoms with Crippen molar-refractivity contribution in [1.29, 1.82) is 0 Å². The average Bonchev–Trinajstić information content (AvgIpc) is 2.63. The molecular weight excluding hydrogens is 230 g/mol. The van der Waals surface area contributed by atoms with Gasteiger partial charge in [-0.1, -0.05) is 6.92 Å². The van der Waals surface area contributed by atoms with Crippen molar-refractivity contribution in [3.05, 3.63) is 0 Å². The van der Waals surface area contributed by atoms with Crippen LogP contribution in [0.15, 0.2) is 0 Å². The summed E-state index contributed by atoms with van der Waals surface area (Å²) in [6.07, 6.45) is 1.27. The fourth-order valence-electron chi connectivity index (χ4n) is 1.92. The zero-order valence-corrected chi connectivity index (χ0v) is 10.4. The summed E-state index contributed by atoms with van der Waals surface area (Å²) in [5.41, 5.74) is 0. The Kier molecular flexibility index (Phi) is 4.73. The molecule has 0 aliphatic carbocycles. The highest BCUT2D eigenvalue weighted by Crippen LogP contribution is 2.15. The van der Waals surface area contributed by atoms with Crippen molar-refractivity contribution in [3.63, 3.8) is 0 Å². The number of carbonyl (C=O) groups is 1. The van der Waals surface area contributed by atoms with Crippen LogP contribution in [0.2, 0.25) is 0 Å². The van der Waals surface area contributed by atoms with Crippen LogP contribution in [0, 0.1) is 5.92 Å². The topological polar surface area (TPSA) is 74.7 Å². The van der Waals surface area contributed by atoms with Gasteiger partial charge in [-0.15, -0.1) is 0 Å². The molecule has 94 valence electrons. The molecule has 6 heteroatoms. The molecule has 0 amide bonds. The van der Waals surface area contributed by atoms with Gasteiger partial charge in [0, 0.05) is 18.8 Å². The molecule has 1 rings (SSSR count). The number of hydrogen-bond donors (Lipinski definition) is 1. The molecule has 5 nitrogen and oxygen atoms in total. The summed E-state index contributed by atoms with van der Waals surface area (Å²) in [4.78, 5) is 12.6. The molecule has 0 aromatic carbocycles. The van der Waals surface area contributed by atoms with Gasteiger partial charge in [0.1, 0.15) is 0 Å².